The number of anilines is 1. The van der Waals surface area contributed by atoms with Crippen LogP contribution in [0, 0.1) is 3.57 Å². The number of hydrogen-bond acceptors (Lipinski definition) is 2. The lowest BCUT2D eigenvalue weighted by molar-refractivity contribution is 0.587. The molecule has 0 aromatic heterocycles. The van der Waals surface area contributed by atoms with Crippen LogP contribution in [-0.2, 0) is 10.0 Å². The topological polar surface area (TPSA) is 37.4 Å². The van der Waals surface area contributed by atoms with Gasteiger partial charge in [0.15, 0.2) is 0 Å². The molecule has 0 saturated heterocycles. The molecule has 0 unspecified atom stereocenters. The molecule has 0 aliphatic heterocycles. The first-order chi connectivity index (χ1) is 11.1. The van der Waals surface area contributed by atoms with Gasteiger partial charge >= 0.3 is 0 Å². The van der Waals surface area contributed by atoms with Crippen molar-refractivity contribution >= 4 is 38.3 Å². The van der Waals surface area contributed by atoms with Gasteiger partial charge in [-0.05, 0) is 66.1 Å². The number of sulfonamides is 1. The van der Waals surface area contributed by atoms with Crippen molar-refractivity contribution in [3.63, 3.8) is 0 Å². The predicted molar refractivity (Wildman–Crippen MR) is 104 cm³/mol. The van der Waals surface area contributed by atoms with Crippen LogP contribution >= 0.6 is 22.6 Å². The van der Waals surface area contributed by atoms with Crippen molar-refractivity contribution in [3.8, 4) is 0 Å². The number of allylic oxidation sites excluding steroid dienone is 1. The van der Waals surface area contributed by atoms with E-state index in [-0.39, 0.29) is 0 Å². The highest BCUT2D eigenvalue weighted by molar-refractivity contribution is 14.1. The van der Waals surface area contributed by atoms with Gasteiger partial charge in [0.25, 0.3) is 10.0 Å². The zero-order valence-corrected chi connectivity index (χ0v) is 15.8. The van der Waals surface area contributed by atoms with Crippen LogP contribution in [0.5, 0.6) is 0 Å². The molecule has 3 nitrogen and oxygen atoms in total. The van der Waals surface area contributed by atoms with Crippen LogP contribution < -0.4 is 4.31 Å². The summed E-state index contributed by atoms with van der Waals surface area (Å²) < 4.78 is 28.5. The van der Waals surface area contributed by atoms with E-state index in [0.29, 0.717) is 17.1 Å². The average Bonchev–Trinajstić information content (AvgIpc) is 2.55. The second-order valence-corrected chi connectivity index (χ2v) is 8.12. The molecule has 0 saturated carbocycles. The Kier molecular flexibility index (Phi) is 6.65. The van der Waals surface area contributed by atoms with Crippen LogP contribution in [0.15, 0.2) is 72.1 Å². The van der Waals surface area contributed by atoms with Gasteiger partial charge in [-0.2, -0.15) is 0 Å². The summed E-state index contributed by atoms with van der Waals surface area (Å²) in [6, 6.07) is 16.4. The fourth-order valence-corrected chi connectivity index (χ4v) is 5.09. The number of halogens is 1. The summed E-state index contributed by atoms with van der Waals surface area (Å²) in [4.78, 5) is 0.355. The Labute approximate surface area is 152 Å². The van der Waals surface area contributed by atoms with Gasteiger partial charge in [-0.25, -0.2) is 8.42 Å². The van der Waals surface area contributed by atoms with E-state index >= 15 is 0 Å². The fourth-order valence-electron chi connectivity index (χ4n) is 2.30. The van der Waals surface area contributed by atoms with Crippen LogP contribution in [0.3, 0.4) is 0 Å². The smallest absolute Gasteiger partial charge is 0.265 e. The van der Waals surface area contributed by atoms with Gasteiger partial charge in [0.1, 0.15) is 4.90 Å². The van der Waals surface area contributed by atoms with Gasteiger partial charge < -0.3 is 0 Å². The Morgan fingerprint density at radius 1 is 1.00 bits per heavy atom. The Hall–Kier alpha value is -1.34. The van der Waals surface area contributed by atoms with Gasteiger partial charge in [-0.15, -0.1) is 6.58 Å². The molecule has 0 aliphatic rings. The molecular weight excluding hydrogens is 421 g/mol. The maximum absolute atomic E-state index is 13.1. The van der Waals surface area contributed by atoms with Crippen LogP contribution in [0.25, 0.3) is 0 Å². The first-order valence-corrected chi connectivity index (χ1v) is 10.0. The Morgan fingerprint density at radius 2 is 1.65 bits per heavy atom. The highest BCUT2D eigenvalue weighted by Crippen LogP contribution is 2.27. The molecule has 0 bridgehead atoms. The van der Waals surface area contributed by atoms with Gasteiger partial charge in [0.2, 0.25) is 0 Å². The zero-order chi connectivity index (χ0) is 16.7. The summed E-state index contributed by atoms with van der Waals surface area (Å²) in [7, 11) is -3.57. The number of unbranched alkanes of at least 4 members (excludes halogenated alkanes) is 2. The van der Waals surface area contributed by atoms with Crippen molar-refractivity contribution < 1.29 is 8.42 Å². The lowest BCUT2D eigenvalue weighted by Crippen LogP contribution is -2.32. The summed E-state index contributed by atoms with van der Waals surface area (Å²) >= 11 is 2.07. The third kappa shape index (κ3) is 4.57. The van der Waals surface area contributed by atoms with E-state index < -0.39 is 10.0 Å². The molecule has 122 valence electrons. The van der Waals surface area contributed by atoms with Gasteiger partial charge in [0.05, 0.1) is 5.69 Å². The van der Waals surface area contributed by atoms with Crippen molar-refractivity contribution in [3.05, 3.63) is 70.8 Å². The van der Waals surface area contributed by atoms with Gasteiger partial charge in [0, 0.05) is 10.1 Å². The summed E-state index contributed by atoms with van der Waals surface area (Å²) in [6.07, 6.45) is 4.48. The van der Waals surface area contributed by atoms with Crippen molar-refractivity contribution in [2.24, 2.45) is 0 Å². The molecule has 0 fully saturated rings. The Balaban J connectivity index is 2.36. The molecule has 0 spiro atoms. The molecule has 2 aromatic rings. The van der Waals surface area contributed by atoms with E-state index in [1.165, 1.54) is 4.31 Å². The number of benzene rings is 2. The van der Waals surface area contributed by atoms with E-state index in [1.807, 2.05) is 48.5 Å². The molecule has 2 rings (SSSR count). The van der Waals surface area contributed by atoms with E-state index in [0.717, 1.165) is 22.8 Å². The molecule has 0 N–H and O–H groups in total. The van der Waals surface area contributed by atoms with E-state index in [4.69, 9.17) is 0 Å². The second kappa shape index (κ2) is 8.49. The average molecular weight is 441 g/mol. The number of para-hydroxylation sites is 1. The minimum atomic E-state index is -3.57. The lowest BCUT2D eigenvalue weighted by Gasteiger charge is -2.25. The van der Waals surface area contributed by atoms with Crippen LogP contribution in [0.4, 0.5) is 5.69 Å². The predicted octanol–water partition coefficient (Wildman–Crippen LogP) is 4.84. The molecular formula is C18H20INO2S. The normalized spacial score (nSPS) is 11.2. The third-order valence-electron chi connectivity index (χ3n) is 3.47. The summed E-state index contributed by atoms with van der Waals surface area (Å²) in [6.45, 7) is 4.17. The SMILES string of the molecule is C=CCCCCN(c1ccccc1)S(=O)(=O)c1ccccc1I. The summed E-state index contributed by atoms with van der Waals surface area (Å²) in [5.41, 5.74) is 0.700. The summed E-state index contributed by atoms with van der Waals surface area (Å²) in [5.74, 6) is 0. The second-order valence-electron chi connectivity index (χ2n) is 5.13. The number of hydrogen-bond donors (Lipinski definition) is 0. The standard InChI is InChI=1S/C18H20INO2S/c1-2-3-4-10-15-20(16-11-6-5-7-12-16)23(21,22)18-14-9-8-13-17(18)19/h2,5-9,11-14H,1,3-4,10,15H2. The first kappa shape index (κ1) is 18.0. The van der Waals surface area contributed by atoms with Gasteiger partial charge in [-0.1, -0.05) is 36.4 Å². The Morgan fingerprint density at radius 3 is 2.30 bits per heavy atom. The van der Waals surface area contributed by atoms with E-state index in [1.54, 1.807) is 12.1 Å². The maximum atomic E-state index is 13.1. The van der Waals surface area contributed by atoms with Crippen LogP contribution in [0.1, 0.15) is 19.3 Å². The zero-order valence-electron chi connectivity index (χ0n) is 12.9. The molecule has 0 heterocycles. The van der Waals surface area contributed by atoms with Crippen molar-refractivity contribution in [2.75, 3.05) is 10.8 Å². The molecule has 0 radical (unpaired) electrons. The van der Waals surface area contributed by atoms with Crippen LogP contribution in [-0.4, -0.2) is 15.0 Å². The molecule has 0 atom stereocenters. The maximum Gasteiger partial charge on any atom is 0.265 e. The lowest BCUT2D eigenvalue weighted by atomic mass is 10.2. The van der Waals surface area contributed by atoms with Crippen molar-refractivity contribution in [1.82, 2.24) is 0 Å². The molecule has 5 heteroatoms. The molecule has 0 aliphatic carbocycles. The molecule has 23 heavy (non-hydrogen) atoms. The minimum Gasteiger partial charge on any atom is -0.266 e. The highest BCUT2D eigenvalue weighted by atomic mass is 127. The third-order valence-corrected chi connectivity index (χ3v) is 6.66. The van der Waals surface area contributed by atoms with Crippen molar-refractivity contribution in [2.45, 2.75) is 24.2 Å². The molecule has 2 aromatic carbocycles. The Bertz CT molecular complexity index is 745. The highest BCUT2D eigenvalue weighted by Gasteiger charge is 2.26. The van der Waals surface area contributed by atoms with E-state index in [2.05, 4.69) is 29.2 Å². The summed E-state index contributed by atoms with van der Waals surface area (Å²) in [5, 5.41) is 0. The largest absolute Gasteiger partial charge is 0.266 e. The quantitative estimate of drug-likeness (QED) is 0.334. The molecule has 0 amide bonds. The fraction of sp³-hybridized carbons (Fsp3) is 0.222. The number of nitrogens with zero attached hydrogens (tertiary/aromatic N) is 1. The minimum absolute atomic E-state index is 0.355. The van der Waals surface area contributed by atoms with Crippen LogP contribution in [0.2, 0.25) is 0 Å². The first-order valence-electron chi connectivity index (χ1n) is 7.50. The van der Waals surface area contributed by atoms with E-state index in [9.17, 15) is 8.42 Å². The number of rotatable bonds is 8. The van der Waals surface area contributed by atoms with Gasteiger partial charge in [-0.3, -0.25) is 4.31 Å². The monoisotopic (exact) mass is 441 g/mol. The van der Waals surface area contributed by atoms with Crippen molar-refractivity contribution in [1.29, 1.82) is 0 Å².